The number of halogens is 3. The van der Waals surface area contributed by atoms with Gasteiger partial charge in [0.25, 0.3) is 5.91 Å². The smallest absolute Gasteiger partial charge is 0.261 e. The number of benzene rings is 2. The topological polar surface area (TPSA) is 58.6 Å². The Hall–Kier alpha value is -1.95. The van der Waals surface area contributed by atoms with Crippen molar-refractivity contribution in [3.63, 3.8) is 0 Å². The van der Waals surface area contributed by atoms with Crippen LogP contribution in [-0.2, 0) is 16.1 Å². The van der Waals surface area contributed by atoms with Crippen molar-refractivity contribution in [3.8, 4) is 5.75 Å². The molecule has 0 unspecified atom stereocenters. The van der Waals surface area contributed by atoms with Gasteiger partial charge in [0, 0.05) is 23.1 Å². The van der Waals surface area contributed by atoms with Crippen LogP contribution >= 0.6 is 34.8 Å². The van der Waals surface area contributed by atoms with E-state index in [-0.39, 0.29) is 25.0 Å². The van der Waals surface area contributed by atoms with Gasteiger partial charge in [-0.05, 0) is 48.7 Å². The van der Waals surface area contributed by atoms with E-state index in [1.165, 1.54) is 4.90 Å². The monoisotopic (exact) mass is 484 g/mol. The summed E-state index contributed by atoms with van der Waals surface area (Å²) in [6, 6.07) is 11.3. The number of hydrogen-bond acceptors (Lipinski definition) is 3. The quantitative estimate of drug-likeness (QED) is 0.412. The maximum atomic E-state index is 13.1. The molecule has 0 aromatic heterocycles. The van der Waals surface area contributed by atoms with Gasteiger partial charge in [-0.15, -0.1) is 0 Å². The molecule has 0 heterocycles. The molecule has 2 rings (SSSR count). The fourth-order valence-electron chi connectivity index (χ4n) is 3.03. The number of carbonyl (C=O) groups excluding carboxylic acids is 2. The van der Waals surface area contributed by atoms with E-state index in [0.29, 0.717) is 33.8 Å². The molecule has 2 aromatic rings. The van der Waals surface area contributed by atoms with E-state index < -0.39 is 6.04 Å². The zero-order valence-corrected chi connectivity index (χ0v) is 19.9. The molecule has 0 aliphatic rings. The van der Waals surface area contributed by atoms with E-state index in [0.717, 1.165) is 18.4 Å². The molecule has 5 nitrogen and oxygen atoms in total. The second kappa shape index (κ2) is 12.8. The first-order valence-electron chi connectivity index (χ1n) is 10.2. The molecule has 2 aromatic carbocycles. The molecule has 0 aliphatic heterocycles. The molecule has 0 bridgehead atoms. The van der Waals surface area contributed by atoms with Gasteiger partial charge in [-0.1, -0.05) is 67.2 Å². The minimum absolute atomic E-state index is 0.178. The molecule has 1 atom stereocenters. The highest BCUT2D eigenvalue weighted by Gasteiger charge is 2.29. The first-order valence-corrected chi connectivity index (χ1v) is 11.4. The van der Waals surface area contributed by atoms with Gasteiger partial charge < -0.3 is 15.0 Å². The zero-order valence-electron chi connectivity index (χ0n) is 17.7. The number of unbranched alkanes of at least 4 members (excludes halogenated alkanes) is 1. The lowest BCUT2D eigenvalue weighted by molar-refractivity contribution is -0.143. The van der Waals surface area contributed by atoms with Crippen molar-refractivity contribution in [2.24, 2.45) is 0 Å². The third-order valence-corrected chi connectivity index (χ3v) is 5.51. The summed E-state index contributed by atoms with van der Waals surface area (Å²) in [5, 5.41) is 4.32. The van der Waals surface area contributed by atoms with Gasteiger partial charge in [0.2, 0.25) is 5.91 Å². The largest absolute Gasteiger partial charge is 0.482 e. The van der Waals surface area contributed by atoms with E-state index in [2.05, 4.69) is 12.2 Å². The van der Waals surface area contributed by atoms with E-state index in [1.54, 1.807) is 30.3 Å². The average molecular weight is 486 g/mol. The second-order valence-electron chi connectivity index (χ2n) is 7.08. The maximum absolute atomic E-state index is 13.1. The van der Waals surface area contributed by atoms with Gasteiger partial charge in [-0.3, -0.25) is 9.59 Å². The summed E-state index contributed by atoms with van der Waals surface area (Å²) in [7, 11) is 0. The summed E-state index contributed by atoms with van der Waals surface area (Å²) in [5.41, 5.74) is 0.863. The first kappa shape index (κ1) is 25.3. The summed E-state index contributed by atoms with van der Waals surface area (Å²) in [5.74, 6) is -0.146. The van der Waals surface area contributed by atoms with E-state index in [9.17, 15) is 9.59 Å². The van der Waals surface area contributed by atoms with Crippen LogP contribution < -0.4 is 10.1 Å². The summed E-state index contributed by atoms with van der Waals surface area (Å²) in [4.78, 5) is 27.5. The number of ether oxygens (including phenoxy) is 1. The maximum Gasteiger partial charge on any atom is 0.261 e. The van der Waals surface area contributed by atoms with Crippen molar-refractivity contribution < 1.29 is 14.3 Å². The Bertz CT molecular complexity index is 875. The Balaban J connectivity index is 2.18. The lowest BCUT2D eigenvalue weighted by Gasteiger charge is -2.30. The van der Waals surface area contributed by atoms with Crippen LogP contribution in [0.15, 0.2) is 42.5 Å². The van der Waals surface area contributed by atoms with Crippen LogP contribution in [0.1, 0.15) is 38.7 Å². The Morgan fingerprint density at radius 3 is 2.32 bits per heavy atom. The van der Waals surface area contributed by atoms with Gasteiger partial charge in [0.15, 0.2) is 6.61 Å². The molecule has 8 heteroatoms. The van der Waals surface area contributed by atoms with Crippen molar-refractivity contribution in [3.05, 3.63) is 63.1 Å². The lowest BCUT2D eigenvalue weighted by atomic mass is 10.1. The van der Waals surface area contributed by atoms with Crippen LogP contribution in [0.2, 0.25) is 15.1 Å². The van der Waals surface area contributed by atoms with Crippen molar-refractivity contribution >= 4 is 46.6 Å². The fourth-order valence-corrected chi connectivity index (χ4v) is 3.62. The van der Waals surface area contributed by atoms with Gasteiger partial charge in [-0.2, -0.15) is 0 Å². The predicted molar refractivity (Wildman–Crippen MR) is 126 cm³/mol. The molecule has 2 amide bonds. The van der Waals surface area contributed by atoms with E-state index in [1.807, 2.05) is 19.1 Å². The van der Waals surface area contributed by atoms with E-state index in [4.69, 9.17) is 39.5 Å². The third-order valence-electron chi connectivity index (χ3n) is 4.73. The molecular formula is C23H27Cl3N2O3. The van der Waals surface area contributed by atoms with Crippen molar-refractivity contribution in [2.75, 3.05) is 13.2 Å². The number of rotatable bonds is 11. The molecule has 0 aliphatic carbocycles. The molecule has 0 spiro atoms. The second-order valence-corrected chi connectivity index (χ2v) is 8.36. The zero-order chi connectivity index (χ0) is 22.8. The Labute approximate surface area is 198 Å². The molecule has 0 saturated carbocycles. The fraction of sp³-hybridized carbons (Fsp3) is 0.391. The van der Waals surface area contributed by atoms with E-state index >= 15 is 0 Å². The Kier molecular flexibility index (Phi) is 10.4. The molecule has 0 radical (unpaired) electrons. The highest BCUT2D eigenvalue weighted by Crippen LogP contribution is 2.27. The standard InChI is InChI=1S/C23H27Cl3N2O3/c1-3-5-12-27-23(30)20(4-2)28(14-16-6-8-17(24)9-7-16)22(29)15-31-21-11-10-18(25)13-19(21)26/h6-11,13,20H,3-5,12,14-15H2,1-2H3,(H,27,30)/t20-/m1/s1. The number of nitrogens with zero attached hydrogens (tertiary/aromatic N) is 1. The van der Waals surface area contributed by atoms with Crippen LogP contribution in [-0.4, -0.2) is 35.9 Å². The summed E-state index contributed by atoms with van der Waals surface area (Å²) >= 11 is 18.0. The molecule has 1 N–H and O–H groups in total. The summed E-state index contributed by atoms with van der Waals surface area (Å²) in [6.07, 6.45) is 2.32. The SMILES string of the molecule is CCCCNC(=O)[C@@H](CC)N(Cc1ccc(Cl)cc1)C(=O)COc1ccc(Cl)cc1Cl. The minimum Gasteiger partial charge on any atom is -0.482 e. The molecular weight excluding hydrogens is 459 g/mol. The van der Waals surface area contributed by atoms with Crippen LogP contribution in [0, 0.1) is 0 Å². The van der Waals surface area contributed by atoms with Gasteiger partial charge in [-0.25, -0.2) is 0 Å². The molecule has 31 heavy (non-hydrogen) atoms. The van der Waals surface area contributed by atoms with Gasteiger partial charge in [0.1, 0.15) is 11.8 Å². The Morgan fingerprint density at radius 2 is 1.71 bits per heavy atom. The number of carbonyl (C=O) groups is 2. The third kappa shape index (κ3) is 7.91. The summed E-state index contributed by atoms with van der Waals surface area (Å²) in [6.45, 7) is 4.51. The van der Waals surface area contributed by atoms with Crippen LogP contribution in [0.25, 0.3) is 0 Å². The highest BCUT2D eigenvalue weighted by molar-refractivity contribution is 6.35. The Morgan fingerprint density at radius 1 is 1.03 bits per heavy atom. The van der Waals surface area contributed by atoms with Crippen LogP contribution in [0.5, 0.6) is 5.75 Å². The molecule has 0 fully saturated rings. The van der Waals surface area contributed by atoms with Crippen molar-refractivity contribution in [1.29, 1.82) is 0 Å². The highest BCUT2D eigenvalue weighted by atomic mass is 35.5. The first-order chi connectivity index (χ1) is 14.8. The number of nitrogens with one attached hydrogen (secondary N) is 1. The average Bonchev–Trinajstić information content (AvgIpc) is 2.74. The number of amides is 2. The van der Waals surface area contributed by atoms with Gasteiger partial charge in [0.05, 0.1) is 5.02 Å². The van der Waals surface area contributed by atoms with Crippen molar-refractivity contribution in [2.45, 2.75) is 45.7 Å². The molecule has 0 saturated heterocycles. The number of hydrogen-bond donors (Lipinski definition) is 1. The lowest BCUT2D eigenvalue weighted by Crippen LogP contribution is -2.50. The van der Waals surface area contributed by atoms with Crippen LogP contribution in [0.3, 0.4) is 0 Å². The van der Waals surface area contributed by atoms with Crippen molar-refractivity contribution in [1.82, 2.24) is 10.2 Å². The van der Waals surface area contributed by atoms with Crippen LogP contribution in [0.4, 0.5) is 0 Å². The summed E-state index contributed by atoms with van der Waals surface area (Å²) < 4.78 is 5.63. The predicted octanol–water partition coefficient (Wildman–Crippen LogP) is 5.75. The minimum atomic E-state index is -0.621. The van der Waals surface area contributed by atoms with Gasteiger partial charge >= 0.3 is 0 Å². The normalized spacial score (nSPS) is 11.6. The molecule has 168 valence electrons.